The number of aliphatic hydroxyl groups is 2. The fraction of sp³-hybridized carbons (Fsp3) is 0.857. The van der Waals surface area contributed by atoms with Crippen LogP contribution in [0.15, 0.2) is 0 Å². The second kappa shape index (κ2) is 3.84. The van der Waals surface area contributed by atoms with Crippen LogP contribution in [-0.2, 0) is 4.79 Å². The average Bonchev–Trinajstić information content (AvgIpc) is 2.32. The number of likely N-dealkylation sites (tertiary alicyclic amines) is 1. The Balaban J connectivity index is 2.53. The van der Waals surface area contributed by atoms with Crippen LogP contribution in [0.2, 0.25) is 0 Å². The van der Waals surface area contributed by atoms with Crippen LogP contribution in [0.4, 0.5) is 0 Å². The van der Waals surface area contributed by atoms with Crippen molar-refractivity contribution in [1.82, 2.24) is 4.90 Å². The molecule has 0 amide bonds. The molecule has 0 radical (unpaired) electrons. The van der Waals surface area contributed by atoms with Gasteiger partial charge >= 0.3 is 5.97 Å². The number of hydrogen-bond acceptors (Lipinski definition) is 4. The molecule has 1 rings (SSSR count). The SMILES string of the molecule is O=C(O)C1CC(O)CN1CCO. The highest BCUT2D eigenvalue weighted by Crippen LogP contribution is 2.16. The third-order valence-corrected chi connectivity index (χ3v) is 2.05. The zero-order chi connectivity index (χ0) is 9.14. The average molecular weight is 175 g/mol. The maximum atomic E-state index is 10.6. The molecule has 12 heavy (non-hydrogen) atoms. The number of carbonyl (C=O) groups is 1. The van der Waals surface area contributed by atoms with Gasteiger partial charge in [0.15, 0.2) is 0 Å². The summed E-state index contributed by atoms with van der Waals surface area (Å²) in [5.41, 5.74) is 0. The molecule has 1 aliphatic rings. The lowest BCUT2D eigenvalue weighted by Crippen LogP contribution is -2.37. The Morgan fingerprint density at radius 3 is 2.75 bits per heavy atom. The fourth-order valence-electron chi connectivity index (χ4n) is 1.51. The number of nitrogens with zero attached hydrogens (tertiary/aromatic N) is 1. The summed E-state index contributed by atoms with van der Waals surface area (Å²) in [6.45, 7) is 0.585. The van der Waals surface area contributed by atoms with Gasteiger partial charge in [0.1, 0.15) is 6.04 Å². The molecule has 3 N–H and O–H groups in total. The molecular weight excluding hydrogens is 162 g/mol. The Hall–Kier alpha value is -0.650. The molecule has 1 heterocycles. The molecule has 0 spiro atoms. The van der Waals surface area contributed by atoms with Gasteiger partial charge in [0, 0.05) is 19.5 Å². The molecule has 0 aromatic rings. The van der Waals surface area contributed by atoms with Gasteiger partial charge in [0.05, 0.1) is 12.7 Å². The van der Waals surface area contributed by atoms with E-state index in [0.717, 1.165) is 0 Å². The van der Waals surface area contributed by atoms with Crippen molar-refractivity contribution in [2.24, 2.45) is 0 Å². The van der Waals surface area contributed by atoms with Crippen molar-refractivity contribution in [3.05, 3.63) is 0 Å². The van der Waals surface area contributed by atoms with E-state index < -0.39 is 18.1 Å². The van der Waals surface area contributed by atoms with Gasteiger partial charge in [-0.15, -0.1) is 0 Å². The standard InChI is InChI=1S/C7H13NO4/c9-2-1-8-4-5(10)3-6(8)7(11)12/h5-6,9-10H,1-4H2,(H,11,12). The molecule has 2 atom stereocenters. The monoisotopic (exact) mass is 175 g/mol. The van der Waals surface area contributed by atoms with Crippen molar-refractivity contribution in [2.75, 3.05) is 19.7 Å². The second-order valence-electron chi connectivity index (χ2n) is 2.96. The van der Waals surface area contributed by atoms with Crippen molar-refractivity contribution in [2.45, 2.75) is 18.6 Å². The number of aliphatic hydroxyl groups excluding tert-OH is 2. The van der Waals surface area contributed by atoms with Gasteiger partial charge in [-0.1, -0.05) is 0 Å². The molecular formula is C7H13NO4. The predicted molar refractivity (Wildman–Crippen MR) is 40.7 cm³/mol. The van der Waals surface area contributed by atoms with Crippen LogP contribution in [0, 0.1) is 0 Å². The quantitative estimate of drug-likeness (QED) is 0.486. The molecule has 5 heteroatoms. The molecule has 0 saturated carbocycles. The molecule has 0 aromatic carbocycles. The Kier molecular flexibility index (Phi) is 3.02. The minimum atomic E-state index is -0.931. The summed E-state index contributed by atoms with van der Waals surface area (Å²) < 4.78 is 0. The third-order valence-electron chi connectivity index (χ3n) is 2.05. The van der Waals surface area contributed by atoms with Crippen LogP contribution >= 0.6 is 0 Å². The maximum Gasteiger partial charge on any atom is 0.321 e. The summed E-state index contributed by atoms with van der Waals surface area (Å²) in [4.78, 5) is 12.2. The van der Waals surface area contributed by atoms with Gasteiger partial charge in [-0.2, -0.15) is 0 Å². The zero-order valence-electron chi connectivity index (χ0n) is 6.68. The molecule has 0 bridgehead atoms. The second-order valence-corrected chi connectivity index (χ2v) is 2.96. The highest BCUT2D eigenvalue weighted by molar-refractivity contribution is 5.74. The lowest BCUT2D eigenvalue weighted by atomic mass is 10.2. The molecule has 1 saturated heterocycles. The Morgan fingerprint density at radius 1 is 1.58 bits per heavy atom. The molecule has 0 aliphatic carbocycles. The third kappa shape index (κ3) is 1.94. The predicted octanol–water partition coefficient (Wildman–Crippen LogP) is -1.50. The summed E-state index contributed by atoms with van der Waals surface area (Å²) in [5.74, 6) is -0.931. The van der Waals surface area contributed by atoms with E-state index in [9.17, 15) is 4.79 Å². The smallest absolute Gasteiger partial charge is 0.321 e. The summed E-state index contributed by atoms with van der Waals surface area (Å²) >= 11 is 0. The van der Waals surface area contributed by atoms with Crippen LogP contribution in [0.3, 0.4) is 0 Å². The first-order valence-electron chi connectivity index (χ1n) is 3.91. The molecule has 2 unspecified atom stereocenters. The molecule has 5 nitrogen and oxygen atoms in total. The first-order valence-corrected chi connectivity index (χ1v) is 3.91. The number of hydrogen-bond donors (Lipinski definition) is 3. The van der Waals surface area contributed by atoms with Crippen LogP contribution in [0.5, 0.6) is 0 Å². The van der Waals surface area contributed by atoms with Crippen molar-refractivity contribution >= 4 is 5.97 Å². The van der Waals surface area contributed by atoms with Gasteiger partial charge < -0.3 is 15.3 Å². The van der Waals surface area contributed by atoms with Gasteiger partial charge in [-0.25, -0.2) is 0 Å². The van der Waals surface area contributed by atoms with E-state index in [0.29, 0.717) is 13.1 Å². The Labute approximate surface area is 70.2 Å². The van der Waals surface area contributed by atoms with Gasteiger partial charge in [0.25, 0.3) is 0 Å². The van der Waals surface area contributed by atoms with Crippen LogP contribution < -0.4 is 0 Å². The Morgan fingerprint density at radius 2 is 2.25 bits per heavy atom. The van der Waals surface area contributed by atoms with Crippen molar-refractivity contribution in [3.63, 3.8) is 0 Å². The number of aliphatic carboxylic acids is 1. The molecule has 0 aromatic heterocycles. The van der Waals surface area contributed by atoms with E-state index in [4.69, 9.17) is 15.3 Å². The first-order chi connectivity index (χ1) is 5.65. The van der Waals surface area contributed by atoms with Crippen molar-refractivity contribution < 1.29 is 20.1 Å². The van der Waals surface area contributed by atoms with E-state index in [-0.39, 0.29) is 13.0 Å². The summed E-state index contributed by atoms with van der Waals surface area (Å²) in [6.07, 6.45) is -0.312. The minimum absolute atomic E-state index is 0.0729. The van der Waals surface area contributed by atoms with Crippen molar-refractivity contribution in [3.8, 4) is 0 Å². The lowest BCUT2D eigenvalue weighted by Gasteiger charge is -2.18. The number of rotatable bonds is 3. The molecule has 70 valence electrons. The number of carboxylic acids is 1. The zero-order valence-corrected chi connectivity index (χ0v) is 6.68. The van der Waals surface area contributed by atoms with Crippen LogP contribution in [0.1, 0.15) is 6.42 Å². The lowest BCUT2D eigenvalue weighted by molar-refractivity contribution is -0.142. The fourth-order valence-corrected chi connectivity index (χ4v) is 1.51. The van der Waals surface area contributed by atoms with Gasteiger partial charge in [-0.3, -0.25) is 9.69 Å². The molecule has 1 aliphatic heterocycles. The van der Waals surface area contributed by atoms with E-state index in [2.05, 4.69) is 0 Å². The first kappa shape index (κ1) is 9.44. The highest BCUT2D eigenvalue weighted by atomic mass is 16.4. The van der Waals surface area contributed by atoms with E-state index >= 15 is 0 Å². The molecule has 1 fully saturated rings. The van der Waals surface area contributed by atoms with Crippen LogP contribution in [-0.4, -0.2) is 58.0 Å². The van der Waals surface area contributed by atoms with Gasteiger partial charge in [0.2, 0.25) is 0 Å². The van der Waals surface area contributed by atoms with Crippen LogP contribution in [0.25, 0.3) is 0 Å². The van der Waals surface area contributed by atoms with Gasteiger partial charge in [-0.05, 0) is 0 Å². The largest absolute Gasteiger partial charge is 0.480 e. The number of β-amino-alcohol motifs (C(OH)–C–C–N with tert-alkyl or cyclic N) is 2. The van der Waals surface area contributed by atoms with E-state index in [1.54, 1.807) is 4.90 Å². The van der Waals surface area contributed by atoms with Crippen molar-refractivity contribution in [1.29, 1.82) is 0 Å². The summed E-state index contributed by atoms with van der Waals surface area (Å²) in [6, 6.07) is -0.632. The minimum Gasteiger partial charge on any atom is -0.480 e. The maximum absolute atomic E-state index is 10.6. The normalized spacial score (nSPS) is 30.8. The van der Waals surface area contributed by atoms with E-state index in [1.807, 2.05) is 0 Å². The topological polar surface area (TPSA) is 81.0 Å². The highest BCUT2D eigenvalue weighted by Gasteiger charge is 2.35. The van der Waals surface area contributed by atoms with E-state index in [1.165, 1.54) is 0 Å². The summed E-state index contributed by atoms with van der Waals surface area (Å²) in [5, 5.41) is 26.4. The number of carboxylic acid groups (broad SMARTS) is 1. The summed E-state index contributed by atoms with van der Waals surface area (Å²) in [7, 11) is 0. The Bertz CT molecular complexity index is 173.